The molecule has 0 aliphatic rings. The van der Waals surface area contributed by atoms with Crippen LogP contribution in [0.1, 0.15) is 21.5 Å². The standard InChI is InChI=1S/C21H23N3O4S/c1-13-6-8-16-18(10-11-22-20(16)14(13)2)23-21(25)17-12-15(7-9-19(17)28-5)29(26,27)24(3)4/h6-12H,1-5H3,(H,22,23,25). The quantitative estimate of drug-likeness (QED) is 0.693. The van der Waals surface area contributed by atoms with E-state index in [0.29, 0.717) is 5.69 Å². The number of nitrogens with one attached hydrogen (secondary N) is 1. The van der Waals surface area contributed by atoms with Crippen LogP contribution >= 0.6 is 0 Å². The Hall–Kier alpha value is -2.97. The Labute approximate surface area is 170 Å². The first kappa shape index (κ1) is 20.8. The lowest BCUT2D eigenvalue weighted by atomic mass is 10.0. The molecule has 0 saturated carbocycles. The van der Waals surface area contributed by atoms with Crippen LogP contribution < -0.4 is 10.1 Å². The highest BCUT2D eigenvalue weighted by Gasteiger charge is 2.22. The number of fused-ring (bicyclic) bond motifs is 1. The van der Waals surface area contributed by atoms with E-state index in [1.54, 1.807) is 12.3 Å². The fourth-order valence-corrected chi connectivity index (χ4v) is 3.92. The number of nitrogens with zero attached hydrogens (tertiary/aromatic N) is 2. The molecule has 0 radical (unpaired) electrons. The fraction of sp³-hybridized carbons (Fsp3) is 0.238. The van der Waals surface area contributed by atoms with Crippen molar-refractivity contribution in [1.29, 1.82) is 0 Å². The van der Waals surface area contributed by atoms with Crippen LogP contribution in [0.25, 0.3) is 10.9 Å². The number of hydrogen-bond acceptors (Lipinski definition) is 5. The summed E-state index contributed by atoms with van der Waals surface area (Å²) < 4.78 is 31.3. The van der Waals surface area contributed by atoms with Gasteiger partial charge in [0, 0.05) is 25.7 Å². The van der Waals surface area contributed by atoms with E-state index in [1.807, 2.05) is 26.0 Å². The molecule has 7 nitrogen and oxygen atoms in total. The highest BCUT2D eigenvalue weighted by atomic mass is 32.2. The summed E-state index contributed by atoms with van der Waals surface area (Å²) in [5.74, 6) is -0.186. The molecule has 1 amide bonds. The molecule has 0 fully saturated rings. The Morgan fingerprint density at radius 3 is 2.48 bits per heavy atom. The van der Waals surface area contributed by atoms with E-state index in [2.05, 4.69) is 10.3 Å². The predicted octanol–water partition coefficient (Wildman–Crippen LogP) is 3.36. The first-order chi connectivity index (χ1) is 13.7. The highest BCUT2D eigenvalue weighted by molar-refractivity contribution is 7.89. The molecule has 3 aromatic rings. The summed E-state index contributed by atoms with van der Waals surface area (Å²) in [6.45, 7) is 3.98. The Morgan fingerprint density at radius 1 is 1.10 bits per heavy atom. The number of aromatic nitrogens is 1. The van der Waals surface area contributed by atoms with Gasteiger partial charge in [0.05, 0.1) is 28.8 Å². The Kier molecular flexibility index (Phi) is 5.59. The molecule has 3 rings (SSSR count). The minimum absolute atomic E-state index is 0.0134. The molecule has 8 heteroatoms. The molecule has 1 N–H and O–H groups in total. The van der Waals surface area contributed by atoms with Crippen molar-refractivity contribution >= 4 is 32.5 Å². The molecule has 0 atom stereocenters. The molecular weight excluding hydrogens is 390 g/mol. The molecule has 0 bridgehead atoms. The fourth-order valence-electron chi connectivity index (χ4n) is 3.00. The van der Waals surface area contributed by atoms with Gasteiger partial charge in [-0.15, -0.1) is 0 Å². The third-order valence-corrected chi connectivity index (χ3v) is 6.69. The second-order valence-electron chi connectivity index (χ2n) is 6.87. The van der Waals surface area contributed by atoms with Crippen molar-refractivity contribution in [1.82, 2.24) is 9.29 Å². The predicted molar refractivity (Wildman–Crippen MR) is 113 cm³/mol. The van der Waals surface area contributed by atoms with Crippen LogP contribution in [0.3, 0.4) is 0 Å². The smallest absolute Gasteiger partial charge is 0.259 e. The number of ether oxygens (including phenoxy) is 1. The number of rotatable bonds is 5. The van der Waals surface area contributed by atoms with Gasteiger partial charge in [-0.3, -0.25) is 9.78 Å². The highest BCUT2D eigenvalue weighted by Crippen LogP contribution is 2.28. The number of benzene rings is 2. The van der Waals surface area contributed by atoms with Crippen LogP contribution in [0.4, 0.5) is 5.69 Å². The largest absolute Gasteiger partial charge is 0.496 e. The van der Waals surface area contributed by atoms with E-state index in [9.17, 15) is 13.2 Å². The van der Waals surface area contributed by atoms with E-state index in [1.165, 1.54) is 39.4 Å². The third-order valence-electron chi connectivity index (χ3n) is 4.88. The summed E-state index contributed by atoms with van der Waals surface area (Å²) in [6, 6.07) is 9.80. The minimum Gasteiger partial charge on any atom is -0.496 e. The Morgan fingerprint density at radius 2 is 1.83 bits per heavy atom. The van der Waals surface area contributed by atoms with E-state index in [0.717, 1.165) is 26.3 Å². The second-order valence-corrected chi connectivity index (χ2v) is 9.02. The van der Waals surface area contributed by atoms with Crippen LogP contribution in [0.2, 0.25) is 0 Å². The van der Waals surface area contributed by atoms with Crippen molar-refractivity contribution in [2.24, 2.45) is 0 Å². The van der Waals surface area contributed by atoms with Crippen LogP contribution in [0.5, 0.6) is 5.75 Å². The van der Waals surface area contributed by atoms with Crippen LogP contribution in [0, 0.1) is 13.8 Å². The number of methoxy groups -OCH3 is 1. The number of aryl methyl sites for hydroxylation is 2. The van der Waals surface area contributed by atoms with Crippen molar-refractivity contribution in [3.05, 3.63) is 59.3 Å². The molecule has 0 aliphatic carbocycles. The average Bonchev–Trinajstić information content (AvgIpc) is 2.70. The molecule has 0 aliphatic heterocycles. The van der Waals surface area contributed by atoms with Crippen molar-refractivity contribution in [2.75, 3.05) is 26.5 Å². The van der Waals surface area contributed by atoms with E-state index in [4.69, 9.17) is 4.74 Å². The van der Waals surface area contributed by atoms with Gasteiger partial charge >= 0.3 is 0 Å². The minimum atomic E-state index is -3.69. The van der Waals surface area contributed by atoms with Crippen molar-refractivity contribution in [2.45, 2.75) is 18.7 Å². The molecular formula is C21H23N3O4S. The van der Waals surface area contributed by atoms with Crippen molar-refractivity contribution in [3.8, 4) is 5.75 Å². The molecule has 29 heavy (non-hydrogen) atoms. The molecule has 1 aromatic heterocycles. The second kappa shape index (κ2) is 7.81. The lowest BCUT2D eigenvalue weighted by Crippen LogP contribution is -2.23. The maximum Gasteiger partial charge on any atom is 0.259 e. The van der Waals surface area contributed by atoms with E-state index in [-0.39, 0.29) is 16.2 Å². The summed E-state index contributed by atoms with van der Waals surface area (Å²) >= 11 is 0. The first-order valence-electron chi connectivity index (χ1n) is 8.93. The molecule has 0 saturated heterocycles. The summed E-state index contributed by atoms with van der Waals surface area (Å²) in [5, 5.41) is 3.67. The van der Waals surface area contributed by atoms with Crippen molar-refractivity contribution < 1.29 is 17.9 Å². The zero-order valence-electron chi connectivity index (χ0n) is 17.0. The van der Waals surface area contributed by atoms with Crippen LogP contribution in [0.15, 0.2) is 47.5 Å². The summed E-state index contributed by atoms with van der Waals surface area (Å²) in [4.78, 5) is 17.5. The number of sulfonamides is 1. The summed E-state index contributed by atoms with van der Waals surface area (Å²) in [5.41, 5.74) is 3.67. The summed E-state index contributed by atoms with van der Waals surface area (Å²) in [7, 11) is 0.617. The van der Waals surface area contributed by atoms with Gasteiger partial charge in [-0.25, -0.2) is 12.7 Å². The number of hydrogen-bond donors (Lipinski definition) is 1. The zero-order valence-corrected chi connectivity index (χ0v) is 17.8. The van der Waals surface area contributed by atoms with E-state index >= 15 is 0 Å². The maximum absolute atomic E-state index is 13.0. The van der Waals surface area contributed by atoms with Gasteiger partial charge in [-0.1, -0.05) is 12.1 Å². The maximum atomic E-state index is 13.0. The zero-order chi connectivity index (χ0) is 21.3. The molecule has 1 heterocycles. The Bertz CT molecular complexity index is 1200. The number of amides is 1. The van der Waals surface area contributed by atoms with Gasteiger partial charge in [0.25, 0.3) is 5.91 Å². The van der Waals surface area contributed by atoms with E-state index < -0.39 is 15.9 Å². The average molecular weight is 413 g/mol. The van der Waals surface area contributed by atoms with Gasteiger partial charge < -0.3 is 10.1 Å². The Balaban J connectivity index is 2.06. The molecule has 2 aromatic carbocycles. The molecule has 0 unspecified atom stereocenters. The SMILES string of the molecule is COc1ccc(S(=O)(=O)N(C)C)cc1C(=O)Nc1ccnc2c(C)c(C)ccc12. The van der Waals surface area contributed by atoms with Gasteiger partial charge in [0.1, 0.15) is 5.75 Å². The van der Waals surface area contributed by atoms with Crippen molar-refractivity contribution in [3.63, 3.8) is 0 Å². The lowest BCUT2D eigenvalue weighted by Gasteiger charge is -2.15. The van der Waals surface area contributed by atoms with Gasteiger partial charge in [-0.2, -0.15) is 0 Å². The molecule has 0 spiro atoms. The number of anilines is 1. The van der Waals surface area contributed by atoms with Gasteiger partial charge in [0.2, 0.25) is 10.0 Å². The van der Waals surface area contributed by atoms with Gasteiger partial charge in [0.15, 0.2) is 0 Å². The summed E-state index contributed by atoms with van der Waals surface area (Å²) in [6.07, 6.45) is 1.63. The number of carbonyl (C=O) groups excluding carboxylic acids is 1. The number of carbonyl (C=O) groups is 1. The topological polar surface area (TPSA) is 88.6 Å². The lowest BCUT2D eigenvalue weighted by molar-refractivity contribution is 0.102. The van der Waals surface area contributed by atoms with Crippen LogP contribution in [-0.4, -0.2) is 44.8 Å². The number of pyridine rings is 1. The third kappa shape index (κ3) is 3.81. The first-order valence-corrected chi connectivity index (χ1v) is 10.4. The molecule has 152 valence electrons. The van der Waals surface area contributed by atoms with Gasteiger partial charge in [-0.05, 0) is 49.2 Å². The normalized spacial score (nSPS) is 11.7. The van der Waals surface area contributed by atoms with Crippen LogP contribution in [-0.2, 0) is 10.0 Å². The monoisotopic (exact) mass is 413 g/mol.